The molecular formula is C41H36Cl2Zr. The van der Waals surface area contributed by atoms with Crippen LogP contribution in [0.4, 0.5) is 0 Å². The van der Waals surface area contributed by atoms with E-state index in [1.54, 1.807) is 17.6 Å². The summed E-state index contributed by atoms with van der Waals surface area (Å²) in [5.41, 5.74) is 14.4. The molecule has 0 radical (unpaired) electrons. The predicted molar refractivity (Wildman–Crippen MR) is 176 cm³/mol. The van der Waals surface area contributed by atoms with Gasteiger partial charge in [0.1, 0.15) is 0 Å². The summed E-state index contributed by atoms with van der Waals surface area (Å²) in [4.78, 5) is 0. The summed E-state index contributed by atoms with van der Waals surface area (Å²) in [5.74, 6) is 0. The summed E-state index contributed by atoms with van der Waals surface area (Å²) in [5, 5.41) is 0. The maximum Gasteiger partial charge on any atom is -1.00 e. The molecule has 3 heteroatoms. The molecule has 2 aliphatic carbocycles. The van der Waals surface area contributed by atoms with Crippen LogP contribution in [0.5, 0.6) is 0 Å². The second kappa shape index (κ2) is 14.3. The molecule has 0 aliphatic heterocycles. The Balaban J connectivity index is 0.00000192. The molecule has 0 aromatic heterocycles. The van der Waals surface area contributed by atoms with Crippen molar-refractivity contribution in [2.75, 3.05) is 0 Å². The van der Waals surface area contributed by atoms with Crippen LogP contribution in [0.1, 0.15) is 62.8 Å². The van der Waals surface area contributed by atoms with E-state index in [0.29, 0.717) is 3.63 Å². The largest absolute Gasteiger partial charge is 1.00 e. The van der Waals surface area contributed by atoms with Crippen LogP contribution in [-0.2, 0) is 34.1 Å². The van der Waals surface area contributed by atoms with Crippen LogP contribution < -0.4 is 24.8 Å². The van der Waals surface area contributed by atoms with Crippen LogP contribution in [0.3, 0.4) is 0 Å². The SMILES string of the molecule is CCc1ccc2c(c1)[CH]([Zr+2]([C]1=CC(c3ccccc3)=CC1)=[C](c1ccccc1)c1ccccc1)c1cc(CC)ccc1-2.[Cl-].[Cl-]. The number of hydrogen-bond acceptors (Lipinski definition) is 0. The Morgan fingerprint density at radius 2 is 1.09 bits per heavy atom. The normalized spacial score (nSPS) is 12.9. The van der Waals surface area contributed by atoms with Crippen molar-refractivity contribution in [1.82, 2.24) is 0 Å². The molecule has 0 fully saturated rings. The smallest absolute Gasteiger partial charge is 1.00 e. The second-order valence-electron chi connectivity index (χ2n) is 11.4. The Kier molecular flexibility index (Phi) is 10.5. The minimum absolute atomic E-state index is 0. The van der Waals surface area contributed by atoms with Gasteiger partial charge in [0.15, 0.2) is 0 Å². The zero-order valence-electron chi connectivity index (χ0n) is 25.2. The molecule has 0 nitrogen and oxygen atoms in total. The number of rotatable bonds is 7. The maximum atomic E-state index is 2.58. The first-order valence-corrected chi connectivity index (χ1v) is 19.2. The monoisotopic (exact) mass is 688 g/mol. The van der Waals surface area contributed by atoms with Gasteiger partial charge >= 0.3 is 260 Å². The fraction of sp³-hybridized carbons (Fsp3) is 0.146. The molecule has 7 rings (SSSR count). The van der Waals surface area contributed by atoms with Crippen molar-refractivity contribution in [2.45, 2.75) is 36.7 Å². The van der Waals surface area contributed by atoms with Crippen molar-refractivity contribution in [1.29, 1.82) is 0 Å². The topological polar surface area (TPSA) is 0 Å². The fourth-order valence-corrected chi connectivity index (χ4v) is 15.9. The molecule has 0 spiro atoms. The fourth-order valence-electron chi connectivity index (χ4n) is 6.83. The van der Waals surface area contributed by atoms with E-state index in [1.807, 2.05) is 0 Å². The third kappa shape index (κ3) is 6.08. The first kappa shape index (κ1) is 32.3. The van der Waals surface area contributed by atoms with E-state index in [9.17, 15) is 0 Å². The number of benzene rings is 5. The van der Waals surface area contributed by atoms with Gasteiger partial charge in [-0.2, -0.15) is 0 Å². The van der Waals surface area contributed by atoms with Gasteiger partial charge in [0.2, 0.25) is 0 Å². The number of fused-ring (bicyclic) bond motifs is 3. The van der Waals surface area contributed by atoms with Gasteiger partial charge in [0, 0.05) is 0 Å². The summed E-state index contributed by atoms with van der Waals surface area (Å²) in [6, 6.07) is 48.2. The van der Waals surface area contributed by atoms with Gasteiger partial charge in [-0.1, -0.05) is 0 Å². The van der Waals surface area contributed by atoms with E-state index >= 15 is 0 Å². The van der Waals surface area contributed by atoms with Gasteiger partial charge in [-0.15, -0.1) is 0 Å². The Labute approximate surface area is 282 Å². The van der Waals surface area contributed by atoms with Gasteiger partial charge < -0.3 is 24.8 Å². The molecule has 5 aromatic rings. The van der Waals surface area contributed by atoms with Gasteiger partial charge in [0.25, 0.3) is 0 Å². The Bertz CT molecular complexity index is 1760. The molecule has 0 heterocycles. The standard InChI is InChI=1S/C17H17.C13H10.C11H9.2ClH.Zr/c1-3-12-5-7-16-14(9-12)11-15-10-13(4-2)6-8-17(15)16;1-3-7-12(8-4-1)11-13-9-5-2-6-10-13;1-2-6-10(7-3-1)11-8-4-5-9-11;;;/h5-11H,3-4H2,1-2H3;1-10H;1-3,6-9H,4H2;2*1H;/q;;;;;+2/p-2. The molecule has 0 saturated carbocycles. The summed E-state index contributed by atoms with van der Waals surface area (Å²) in [6.45, 7) is 4.57. The summed E-state index contributed by atoms with van der Waals surface area (Å²) in [7, 11) is 0. The number of aryl methyl sites for hydroxylation is 2. The maximum absolute atomic E-state index is 2.74. The summed E-state index contributed by atoms with van der Waals surface area (Å²) in [6.07, 6.45) is 8.24. The number of hydrogen-bond donors (Lipinski definition) is 0. The minimum Gasteiger partial charge on any atom is -1.00 e. The van der Waals surface area contributed by atoms with Gasteiger partial charge in [-0.25, -0.2) is 0 Å². The van der Waals surface area contributed by atoms with Crippen LogP contribution >= 0.6 is 0 Å². The van der Waals surface area contributed by atoms with Gasteiger partial charge in [-0.05, 0) is 0 Å². The quantitative estimate of drug-likeness (QED) is 0.241. The summed E-state index contributed by atoms with van der Waals surface area (Å²) < 4.78 is 3.73. The van der Waals surface area contributed by atoms with Crippen LogP contribution in [0.25, 0.3) is 16.7 Å². The molecule has 5 aromatic carbocycles. The van der Waals surface area contributed by atoms with Crippen molar-refractivity contribution >= 4 is 8.78 Å². The van der Waals surface area contributed by atoms with E-state index in [1.165, 1.54) is 44.5 Å². The molecule has 2 aliphatic rings. The summed E-state index contributed by atoms with van der Waals surface area (Å²) >= 11 is -2.74. The Morgan fingerprint density at radius 3 is 1.57 bits per heavy atom. The van der Waals surface area contributed by atoms with Gasteiger partial charge in [0.05, 0.1) is 0 Å². The van der Waals surface area contributed by atoms with Crippen molar-refractivity contribution in [3.63, 3.8) is 0 Å². The average Bonchev–Trinajstić information content (AvgIpc) is 3.67. The molecule has 0 amide bonds. The Morgan fingerprint density at radius 1 is 0.614 bits per heavy atom. The first-order chi connectivity index (χ1) is 20.7. The second-order valence-corrected chi connectivity index (χ2v) is 17.7. The zero-order valence-corrected chi connectivity index (χ0v) is 29.2. The molecule has 0 saturated heterocycles. The number of halogens is 2. The molecule has 0 bridgehead atoms. The Hall–Kier alpha value is -3.09. The van der Waals surface area contributed by atoms with Crippen molar-refractivity contribution in [3.8, 4) is 11.1 Å². The van der Waals surface area contributed by atoms with Gasteiger partial charge in [-0.3, -0.25) is 0 Å². The van der Waals surface area contributed by atoms with Crippen molar-refractivity contribution in [2.24, 2.45) is 0 Å². The molecule has 0 N–H and O–H groups in total. The van der Waals surface area contributed by atoms with E-state index in [4.69, 9.17) is 0 Å². The van der Waals surface area contributed by atoms with E-state index in [2.05, 4.69) is 153 Å². The van der Waals surface area contributed by atoms with Crippen molar-refractivity contribution in [3.05, 3.63) is 182 Å². The van der Waals surface area contributed by atoms with Crippen LogP contribution in [-0.4, -0.2) is 3.21 Å². The third-order valence-electron chi connectivity index (χ3n) is 8.97. The van der Waals surface area contributed by atoms with E-state index < -0.39 is 21.3 Å². The molecule has 0 atom stereocenters. The minimum atomic E-state index is -2.74. The van der Waals surface area contributed by atoms with Crippen LogP contribution in [0.2, 0.25) is 0 Å². The third-order valence-corrected chi connectivity index (χ3v) is 17.2. The van der Waals surface area contributed by atoms with Crippen LogP contribution in [0.15, 0.2) is 143 Å². The first-order valence-electron chi connectivity index (χ1n) is 15.3. The van der Waals surface area contributed by atoms with Crippen molar-refractivity contribution < 1.29 is 46.1 Å². The molecule has 44 heavy (non-hydrogen) atoms. The average molecular weight is 691 g/mol. The molecule has 218 valence electrons. The zero-order chi connectivity index (χ0) is 28.5. The predicted octanol–water partition coefficient (Wildman–Crippen LogP) is 4.15. The molecule has 0 unspecified atom stereocenters. The van der Waals surface area contributed by atoms with E-state index in [-0.39, 0.29) is 24.8 Å². The van der Waals surface area contributed by atoms with Crippen LogP contribution in [0, 0.1) is 0 Å². The molecular weight excluding hydrogens is 655 g/mol. The van der Waals surface area contributed by atoms with E-state index in [0.717, 1.165) is 19.3 Å². The number of allylic oxidation sites excluding steroid dienone is 4.